The monoisotopic (exact) mass is 273 g/mol. The molecule has 1 aliphatic heterocycles. The molecule has 0 aromatic heterocycles. The van der Waals surface area contributed by atoms with Gasteiger partial charge in [0.25, 0.3) is 0 Å². The van der Waals surface area contributed by atoms with E-state index in [0.717, 1.165) is 25.8 Å². The Hall–Kier alpha value is -0.280. The maximum absolute atomic E-state index is 12.2. The Balaban J connectivity index is 1.83. The molecular weight excluding hydrogens is 250 g/mol. The van der Waals surface area contributed by atoms with Crippen molar-refractivity contribution in [1.29, 1.82) is 0 Å². The number of amides is 1. The van der Waals surface area contributed by atoms with Crippen molar-refractivity contribution in [3.63, 3.8) is 0 Å². The molecule has 1 N–H and O–H groups in total. The molecule has 1 saturated heterocycles. The lowest BCUT2D eigenvalue weighted by Crippen LogP contribution is -2.43. The maximum atomic E-state index is 12.2. The first-order chi connectivity index (χ1) is 8.67. The van der Waals surface area contributed by atoms with E-state index in [2.05, 4.69) is 12.2 Å². The molecule has 0 aromatic carbocycles. The fraction of sp³-hybridized carbons (Fsp3) is 0.929. The first-order valence-electron chi connectivity index (χ1n) is 7.08. The van der Waals surface area contributed by atoms with Crippen molar-refractivity contribution in [3.8, 4) is 0 Å². The van der Waals surface area contributed by atoms with Crippen molar-refractivity contribution in [2.24, 2.45) is 17.3 Å². The first kappa shape index (κ1) is 14.1. The van der Waals surface area contributed by atoms with E-state index in [0.29, 0.717) is 25.0 Å². The van der Waals surface area contributed by atoms with Crippen LogP contribution in [0.2, 0.25) is 0 Å². The summed E-state index contributed by atoms with van der Waals surface area (Å²) in [6, 6.07) is 0. The number of carbonyl (C=O) groups is 1. The van der Waals surface area contributed by atoms with Crippen molar-refractivity contribution in [3.05, 3.63) is 0 Å². The normalized spacial score (nSPS) is 31.2. The fourth-order valence-corrected chi connectivity index (χ4v) is 3.52. The minimum Gasteiger partial charge on any atom is -0.381 e. The zero-order valence-electron chi connectivity index (χ0n) is 11.2. The lowest BCUT2D eigenvalue weighted by atomic mass is 9.86. The fourth-order valence-electron chi connectivity index (χ4n) is 3.16. The highest BCUT2D eigenvalue weighted by Gasteiger charge is 2.35. The highest BCUT2D eigenvalue weighted by molar-refractivity contribution is 6.18. The molecule has 2 fully saturated rings. The Bertz CT molecular complexity index is 290. The van der Waals surface area contributed by atoms with Crippen LogP contribution in [0.3, 0.4) is 0 Å². The number of hydrogen-bond acceptors (Lipinski definition) is 2. The number of hydrogen-bond donors (Lipinski definition) is 1. The van der Waals surface area contributed by atoms with E-state index in [1.807, 2.05) is 0 Å². The maximum Gasteiger partial charge on any atom is 0.223 e. The molecule has 0 bridgehead atoms. The van der Waals surface area contributed by atoms with Gasteiger partial charge in [-0.25, -0.2) is 0 Å². The van der Waals surface area contributed by atoms with Crippen LogP contribution in [0.4, 0.5) is 0 Å². The van der Waals surface area contributed by atoms with Crippen molar-refractivity contribution in [2.45, 2.75) is 39.0 Å². The molecule has 4 heteroatoms. The molecule has 0 radical (unpaired) electrons. The largest absolute Gasteiger partial charge is 0.381 e. The summed E-state index contributed by atoms with van der Waals surface area (Å²) >= 11 is 6.09. The van der Waals surface area contributed by atoms with Crippen molar-refractivity contribution < 1.29 is 9.53 Å². The van der Waals surface area contributed by atoms with Crippen molar-refractivity contribution >= 4 is 17.5 Å². The van der Waals surface area contributed by atoms with Gasteiger partial charge in [0.05, 0.1) is 0 Å². The van der Waals surface area contributed by atoms with Gasteiger partial charge in [0.2, 0.25) is 5.91 Å². The van der Waals surface area contributed by atoms with E-state index in [1.165, 1.54) is 12.8 Å². The molecule has 1 amide bonds. The van der Waals surface area contributed by atoms with Crippen LogP contribution in [-0.2, 0) is 9.53 Å². The number of rotatable bonds is 4. The van der Waals surface area contributed by atoms with Gasteiger partial charge in [0.15, 0.2) is 0 Å². The van der Waals surface area contributed by atoms with Crippen LogP contribution in [0, 0.1) is 17.3 Å². The van der Waals surface area contributed by atoms with E-state index >= 15 is 0 Å². The van der Waals surface area contributed by atoms with Gasteiger partial charge in [-0.2, -0.15) is 0 Å². The molecule has 18 heavy (non-hydrogen) atoms. The van der Waals surface area contributed by atoms with Crippen molar-refractivity contribution in [1.82, 2.24) is 5.32 Å². The number of ether oxygens (including phenoxy) is 1. The molecule has 3 nitrogen and oxygen atoms in total. The summed E-state index contributed by atoms with van der Waals surface area (Å²) < 4.78 is 5.38. The number of nitrogens with one attached hydrogen (secondary N) is 1. The number of carbonyl (C=O) groups excluding carboxylic acids is 1. The molecule has 2 atom stereocenters. The third-order valence-corrected chi connectivity index (χ3v) is 5.13. The summed E-state index contributed by atoms with van der Waals surface area (Å²) in [6.07, 6.45) is 5.65. The van der Waals surface area contributed by atoms with E-state index < -0.39 is 0 Å². The Kier molecular flexibility index (Phi) is 4.91. The predicted octanol–water partition coefficient (Wildman–Crippen LogP) is 2.57. The van der Waals surface area contributed by atoms with E-state index in [4.69, 9.17) is 16.3 Å². The molecule has 1 saturated carbocycles. The lowest BCUT2D eigenvalue weighted by molar-refractivity contribution is -0.131. The van der Waals surface area contributed by atoms with Crippen LogP contribution in [0.25, 0.3) is 0 Å². The highest BCUT2D eigenvalue weighted by atomic mass is 35.5. The second-order valence-corrected chi connectivity index (χ2v) is 6.27. The van der Waals surface area contributed by atoms with Gasteiger partial charge in [-0.1, -0.05) is 19.8 Å². The molecule has 1 heterocycles. The van der Waals surface area contributed by atoms with Crippen LogP contribution < -0.4 is 5.32 Å². The van der Waals surface area contributed by atoms with E-state index in [1.54, 1.807) is 0 Å². The number of halogens is 1. The molecule has 2 aliphatic rings. The smallest absolute Gasteiger partial charge is 0.223 e. The average Bonchev–Trinajstić information content (AvgIpc) is 2.86. The van der Waals surface area contributed by atoms with Crippen molar-refractivity contribution in [2.75, 3.05) is 25.6 Å². The quantitative estimate of drug-likeness (QED) is 0.800. The second-order valence-electron chi connectivity index (χ2n) is 6.01. The predicted molar refractivity (Wildman–Crippen MR) is 72.7 cm³/mol. The summed E-state index contributed by atoms with van der Waals surface area (Å²) in [5.41, 5.74) is 0.158. The SMILES string of the molecule is CC1COCCC1C(=O)NCC1(CCl)CCCC1. The summed E-state index contributed by atoms with van der Waals surface area (Å²) in [4.78, 5) is 12.2. The number of alkyl halides is 1. The molecule has 2 unspecified atom stereocenters. The van der Waals surface area contributed by atoms with Gasteiger partial charge in [-0.05, 0) is 25.2 Å². The molecule has 1 aliphatic carbocycles. The lowest BCUT2D eigenvalue weighted by Gasteiger charge is -2.31. The third kappa shape index (κ3) is 3.18. The van der Waals surface area contributed by atoms with Crippen LogP contribution in [0.1, 0.15) is 39.0 Å². The Morgan fingerprint density at radius 3 is 2.78 bits per heavy atom. The zero-order valence-corrected chi connectivity index (χ0v) is 12.0. The van der Waals surface area contributed by atoms with Crippen LogP contribution in [0.15, 0.2) is 0 Å². The Labute approximate surface area is 115 Å². The summed E-state index contributed by atoms with van der Waals surface area (Å²) in [7, 11) is 0. The summed E-state index contributed by atoms with van der Waals surface area (Å²) in [6.45, 7) is 4.26. The van der Waals surface area contributed by atoms with Gasteiger partial charge in [-0.3, -0.25) is 4.79 Å². The summed E-state index contributed by atoms with van der Waals surface area (Å²) in [5, 5.41) is 3.14. The minimum atomic E-state index is 0.118. The molecule has 0 aromatic rings. The van der Waals surface area contributed by atoms with Gasteiger partial charge < -0.3 is 10.1 Å². The third-order valence-electron chi connectivity index (χ3n) is 4.56. The van der Waals surface area contributed by atoms with Gasteiger partial charge >= 0.3 is 0 Å². The van der Waals surface area contributed by atoms with Gasteiger partial charge in [0, 0.05) is 37.0 Å². The minimum absolute atomic E-state index is 0.118. The van der Waals surface area contributed by atoms with Crippen LogP contribution in [-0.4, -0.2) is 31.5 Å². The van der Waals surface area contributed by atoms with E-state index in [9.17, 15) is 4.79 Å². The molecule has 0 spiro atoms. The summed E-state index contributed by atoms with van der Waals surface area (Å²) in [5.74, 6) is 1.31. The molecular formula is C14H24ClNO2. The van der Waals surface area contributed by atoms with E-state index in [-0.39, 0.29) is 17.2 Å². The first-order valence-corrected chi connectivity index (χ1v) is 7.62. The van der Waals surface area contributed by atoms with Gasteiger partial charge in [0.1, 0.15) is 0 Å². The Morgan fingerprint density at radius 2 is 2.17 bits per heavy atom. The molecule has 104 valence electrons. The van der Waals surface area contributed by atoms with Crippen LogP contribution >= 0.6 is 11.6 Å². The average molecular weight is 274 g/mol. The second kappa shape index (κ2) is 6.25. The topological polar surface area (TPSA) is 38.3 Å². The highest BCUT2D eigenvalue weighted by Crippen LogP contribution is 2.38. The Morgan fingerprint density at radius 1 is 1.44 bits per heavy atom. The standard InChI is InChI=1S/C14H24ClNO2/c1-11-8-18-7-4-12(11)13(17)16-10-14(9-15)5-2-3-6-14/h11-12H,2-10H2,1H3,(H,16,17). The zero-order chi connectivity index (χ0) is 13.0. The van der Waals surface area contributed by atoms with Crippen LogP contribution in [0.5, 0.6) is 0 Å². The molecule has 2 rings (SSSR count). The van der Waals surface area contributed by atoms with Gasteiger partial charge in [-0.15, -0.1) is 11.6 Å².